The van der Waals surface area contributed by atoms with E-state index in [0.717, 1.165) is 11.6 Å². The van der Waals surface area contributed by atoms with Gasteiger partial charge >= 0.3 is 5.97 Å². The zero-order valence-electron chi connectivity index (χ0n) is 13.5. The molecule has 0 fully saturated rings. The lowest BCUT2D eigenvalue weighted by molar-refractivity contribution is 0.0696. The molecule has 0 spiro atoms. The molecule has 0 saturated heterocycles. The van der Waals surface area contributed by atoms with Crippen LogP contribution in [0.3, 0.4) is 0 Å². The zero-order chi connectivity index (χ0) is 18.6. The van der Waals surface area contributed by atoms with Crippen molar-refractivity contribution in [3.63, 3.8) is 0 Å². The number of thiophene rings is 1. The summed E-state index contributed by atoms with van der Waals surface area (Å²) < 4.78 is 27.7. The fraction of sp³-hybridized carbons (Fsp3) is 0.0556. The summed E-state index contributed by atoms with van der Waals surface area (Å²) in [6.45, 7) is 0.556. The Hall–Kier alpha value is -2.84. The molecule has 0 amide bonds. The molecule has 0 bridgehead atoms. The molecular weight excluding hydrogens is 372 g/mol. The van der Waals surface area contributed by atoms with Gasteiger partial charge in [0.15, 0.2) is 0 Å². The van der Waals surface area contributed by atoms with Crippen LogP contribution in [0, 0.1) is 0 Å². The molecule has 3 N–H and O–H groups in total. The van der Waals surface area contributed by atoms with Crippen molar-refractivity contribution in [3.05, 3.63) is 77.2 Å². The largest absolute Gasteiger partial charge is 0.478 e. The van der Waals surface area contributed by atoms with E-state index in [1.165, 1.54) is 29.5 Å². The Bertz CT molecular complexity index is 1010. The first-order valence-corrected chi connectivity index (χ1v) is 10.0. The molecule has 134 valence electrons. The number of sulfonamides is 1. The van der Waals surface area contributed by atoms with Crippen molar-refractivity contribution >= 4 is 38.0 Å². The molecule has 3 rings (SSSR count). The highest BCUT2D eigenvalue weighted by Crippen LogP contribution is 2.31. The maximum absolute atomic E-state index is 12.6. The van der Waals surface area contributed by atoms with E-state index < -0.39 is 16.0 Å². The topological polar surface area (TPSA) is 95.5 Å². The molecule has 8 heteroatoms. The number of hydrogen-bond donors (Lipinski definition) is 3. The number of hydrogen-bond acceptors (Lipinski definition) is 5. The first kappa shape index (κ1) is 18.0. The standard InChI is InChI=1S/C18H16N2O4S2/c21-18(22)14-7-4-8-15(11-14)26(23,24)20-17-16(9-10-25-17)19-12-13-5-2-1-3-6-13/h1-11,19-20H,12H2,(H,21,22). The average Bonchev–Trinajstić information content (AvgIpc) is 3.07. The SMILES string of the molecule is O=C(O)c1cccc(S(=O)(=O)Nc2sccc2NCc2ccccc2)c1. The van der Waals surface area contributed by atoms with Crippen LogP contribution in [0.4, 0.5) is 10.7 Å². The maximum Gasteiger partial charge on any atom is 0.335 e. The van der Waals surface area contributed by atoms with E-state index in [1.807, 2.05) is 30.3 Å². The summed E-state index contributed by atoms with van der Waals surface area (Å²) in [6, 6.07) is 16.8. The van der Waals surface area contributed by atoms with Crippen LogP contribution >= 0.6 is 11.3 Å². The van der Waals surface area contributed by atoms with Crippen LogP contribution in [-0.2, 0) is 16.6 Å². The molecule has 1 aromatic heterocycles. The second kappa shape index (κ2) is 7.59. The van der Waals surface area contributed by atoms with E-state index in [9.17, 15) is 13.2 Å². The van der Waals surface area contributed by atoms with E-state index in [1.54, 1.807) is 11.4 Å². The van der Waals surface area contributed by atoms with Crippen LogP contribution in [0.5, 0.6) is 0 Å². The van der Waals surface area contributed by atoms with Gasteiger partial charge < -0.3 is 10.4 Å². The summed E-state index contributed by atoms with van der Waals surface area (Å²) in [4.78, 5) is 11.0. The van der Waals surface area contributed by atoms with Crippen molar-refractivity contribution in [2.45, 2.75) is 11.4 Å². The Morgan fingerprint density at radius 1 is 1.04 bits per heavy atom. The number of benzene rings is 2. The van der Waals surface area contributed by atoms with Gasteiger partial charge in [-0.3, -0.25) is 4.72 Å². The van der Waals surface area contributed by atoms with Crippen LogP contribution in [0.2, 0.25) is 0 Å². The molecule has 26 heavy (non-hydrogen) atoms. The molecule has 0 aliphatic rings. The van der Waals surface area contributed by atoms with Gasteiger partial charge in [0.1, 0.15) is 5.00 Å². The summed E-state index contributed by atoms with van der Waals surface area (Å²) in [5, 5.41) is 14.5. The van der Waals surface area contributed by atoms with Crippen LogP contribution in [0.15, 0.2) is 70.9 Å². The van der Waals surface area contributed by atoms with Crippen molar-refractivity contribution in [1.82, 2.24) is 0 Å². The van der Waals surface area contributed by atoms with Gasteiger partial charge in [0, 0.05) is 6.54 Å². The second-order valence-corrected chi connectivity index (χ2v) is 8.04. The second-order valence-electron chi connectivity index (χ2n) is 5.44. The maximum atomic E-state index is 12.6. The monoisotopic (exact) mass is 388 g/mol. The Balaban J connectivity index is 1.77. The minimum Gasteiger partial charge on any atom is -0.478 e. The molecule has 0 radical (unpaired) electrons. The first-order valence-electron chi connectivity index (χ1n) is 7.67. The van der Waals surface area contributed by atoms with Crippen molar-refractivity contribution in [2.75, 3.05) is 10.0 Å². The van der Waals surface area contributed by atoms with Crippen LogP contribution in [-0.4, -0.2) is 19.5 Å². The number of carboxylic acid groups (broad SMARTS) is 1. The lowest BCUT2D eigenvalue weighted by Crippen LogP contribution is -2.14. The summed E-state index contributed by atoms with van der Waals surface area (Å²) in [6.07, 6.45) is 0. The fourth-order valence-corrected chi connectivity index (χ4v) is 4.44. The van der Waals surface area contributed by atoms with E-state index in [4.69, 9.17) is 5.11 Å². The van der Waals surface area contributed by atoms with Gasteiger partial charge in [-0.05, 0) is 35.2 Å². The summed E-state index contributed by atoms with van der Waals surface area (Å²) in [7, 11) is -3.89. The molecule has 2 aromatic carbocycles. The smallest absolute Gasteiger partial charge is 0.335 e. The van der Waals surface area contributed by atoms with Gasteiger partial charge in [0.25, 0.3) is 10.0 Å². The molecule has 1 heterocycles. The Labute approximate surface area is 155 Å². The van der Waals surface area contributed by atoms with Gasteiger partial charge in [0.2, 0.25) is 0 Å². The number of rotatable bonds is 7. The summed E-state index contributed by atoms with van der Waals surface area (Å²) in [5.41, 5.74) is 1.65. The number of anilines is 2. The van der Waals surface area contributed by atoms with Crippen LogP contribution in [0.1, 0.15) is 15.9 Å². The van der Waals surface area contributed by atoms with Gasteiger partial charge in [-0.25, -0.2) is 13.2 Å². The van der Waals surface area contributed by atoms with E-state index in [0.29, 0.717) is 17.2 Å². The first-order chi connectivity index (χ1) is 12.5. The molecule has 0 unspecified atom stereocenters. The molecule has 6 nitrogen and oxygen atoms in total. The lowest BCUT2D eigenvalue weighted by atomic mass is 10.2. The number of aromatic carboxylic acids is 1. The molecular formula is C18H16N2O4S2. The van der Waals surface area contributed by atoms with Gasteiger partial charge in [-0.1, -0.05) is 36.4 Å². The van der Waals surface area contributed by atoms with Crippen molar-refractivity contribution in [3.8, 4) is 0 Å². The predicted molar refractivity (Wildman–Crippen MR) is 102 cm³/mol. The third-order valence-electron chi connectivity index (χ3n) is 3.61. The normalized spacial score (nSPS) is 11.1. The third kappa shape index (κ3) is 4.22. The van der Waals surface area contributed by atoms with Crippen molar-refractivity contribution < 1.29 is 18.3 Å². The van der Waals surface area contributed by atoms with E-state index in [-0.39, 0.29) is 10.5 Å². The van der Waals surface area contributed by atoms with Gasteiger partial charge in [0.05, 0.1) is 16.1 Å². The van der Waals surface area contributed by atoms with Crippen molar-refractivity contribution in [2.24, 2.45) is 0 Å². The number of carboxylic acids is 1. The highest BCUT2D eigenvalue weighted by atomic mass is 32.2. The number of nitrogens with one attached hydrogen (secondary N) is 2. The molecule has 0 aliphatic heterocycles. The third-order valence-corrected chi connectivity index (χ3v) is 5.92. The quantitative estimate of drug-likeness (QED) is 0.571. The lowest BCUT2D eigenvalue weighted by Gasteiger charge is -2.11. The highest BCUT2D eigenvalue weighted by molar-refractivity contribution is 7.93. The van der Waals surface area contributed by atoms with Gasteiger partial charge in [-0.2, -0.15) is 0 Å². The summed E-state index contributed by atoms with van der Waals surface area (Å²) >= 11 is 1.25. The average molecular weight is 388 g/mol. The Morgan fingerprint density at radius 2 is 1.81 bits per heavy atom. The highest BCUT2D eigenvalue weighted by Gasteiger charge is 2.18. The van der Waals surface area contributed by atoms with E-state index >= 15 is 0 Å². The van der Waals surface area contributed by atoms with Crippen LogP contribution in [0.25, 0.3) is 0 Å². The summed E-state index contributed by atoms with van der Waals surface area (Å²) in [5.74, 6) is -1.18. The van der Waals surface area contributed by atoms with Crippen molar-refractivity contribution in [1.29, 1.82) is 0 Å². The molecule has 3 aromatic rings. The van der Waals surface area contributed by atoms with E-state index in [2.05, 4.69) is 10.0 Å². The Morgan fingerprint density at radius 3 is 2.54 bits per heavy atom. The molecule has 0 aliphatic carbocycles. The number of carbonyl (C=O) groups is 1. The molecule has 0 atom stereocenters. The predicted octanol–water partition coefficient (Wildman–Crippen LogP) is 3.86. The fourth-order valence-electron chi connectivity index (χ4n) is 2.30. The Kier molecular flexibility index (Phi) is 5.24. The minimum atomic E-state index is -3.89. The zero-order valence-corrected chi connectivity index (χ0v) is 15.2. The van der Waals surface area contributed by atoms with Crippen LogP contribution < -0.4 is 10.0 Å². The minimum absolute atomic E-state index is 0.0820. The molecule has 0 saturated carbocycles. The van der Waals surface area contributed by atoms with Gasteiger partial charge in [-0.15, -0.1) is 11.3 Å².